The van der Waals surface area contributed by atoms with E-state index in [0.717, 1.165) is 42.8 Å². The van der Waals surface area contributed by atoms with Gasteiger partial charge in [0.15, 0.2) is 0 Å². The third-order valence-electron chi connectivity index (χ3n) is 6.06. The van der Waals surface area contributed by atoms with E-state index in [1.807, 2.05) is 18.5 Å². The van der Waals surface area contributed by atoms with E-state index in [1.165, 1.54) is 17.0 Å². The Labute approximate surface area is 183 Å². The molecule has 32 heavy (non-hydrogen) atoms. The normalized spacial score (nSPS) is 19.2. The number of hydrogen-bond acceptors (Lipinski definition) is 5. The average Bonchev–Trinajstić information content (AvgIpc) is 3.38. The Kier molecular flexibility index (Phi) is 5.79. The average molecular weight is 447 g/mol. The van der Waals surface area contributed by atoms with Crippen molar-refractivity contribution in [1.82, 2.24) is 24.6 Å². The fourth-order valence-electron chi connectivity index (χ4n) is 4.29. The first-order valence-electron chi connectivity index (χ1n) is 10.4. The molecule has 7 nitrogen and oxygen atoms in total. The van der Waals surface area contributed by atoms with E-state index in [4.69, 9.17) is 4.42 Å². The fourth-order valence-corrected chi connectivity index (χ4v) is 4.29. The lowest BCUT2D eigenvalue weighted by molar-refractivity contribution is -0.137. The van der Waals surface area contributed by atoms with E-state index >= 15 is 0 Å². The van der Waals surface area contributed by atoms with Crippen LogP contribution in [-0.4, -0.2) is 43.6 Å². The SMILES string of the molecule is Cc1ncn(C)c1-c1nnc([C@H]2CCC[C@@H](N(C)C(=O)c3cccc(C(F)(F)F)c3)C2)o1. The summed E-state index contributed by atoms with van der Waals surface area (Å²) in [6, 6.07) is 4.40. The maximum atomic E-state index is 13.0. The van der Waals surface area contributed by atoms with Crippen molar-refractivity contribution in [1.29, 1.82) is 0 Å². The number of halogens is 3. The van der Waals surface area contributed by atoms with Crippen molar-refractivity contribution in [3.8, 4) is 11.6 Å². The van der Waals surface area contributed by atoms with Crippen molar-refractivity contribution in [2.45, 2.75) is 50.7 Å². The predicted molar refractivity (Wildman–Crippen MR) is 110 cm³/mol. The number of benzene rings is 1. The molecule has 0 N–H and O–H groups in total. The van der Waals surface area contributed by atoms with Gasteiger partial charge in [-0.3, -0.25) is 4.79 Å². The molecule has 170 valence electrons. The minimum Gasteiger partial charge on any atom is -0.419 e. The molecule has 2 heterocycles. The quantitative estimate of drug-likeness (QED) is 0.584. The molecule has 1 fully saturated rings. The number of rotatable bonds is 4. The van der Waals surface area contributed by atoms with Gasteiger partial charge in [-0.25, -0.2) is 4.98 Å². The number of aryl methyl sites for hydroxylation is 2. The summed E-state index contributed by atoms with van der Waals surface area (Å²) >= 11 is 0. The first-order valence-corrected chi connectivity index (χ1v) is 10.4. The van der Waals surface area contributed by atoms with E-state index in [0.29, 0.717) is 18.2 Å². The lowest BCUT2D eigenvalue weighted by Crippen LogP contribution is -2.40. The van der Waals surface area contributed by atoms with Gasteiger partial charge < -0.3 is 13.9 Å². The predicted octanol–water partition coefficient (Wildman–Crippen LogP) is 4.60. The second kappa shape index (κ2) is 8.40. The Hall–Kier alpha value is -3.17. The molecule has 1 aliphatic carbocycles. The lowest BCUT2D eigenvalue weighted by Gasteiger charge is -2.34. The van der Waals surface area contributed by atoms with Crippen molar-refractivity contribution in [3.05, 3.63) is 53.3 Å². The molecule has 0 saturated heterocycles. The van der Waals surface area contributed by atoms with Gasteiger partial charge in [0.1, 0.15) is 5.69 Å². The number of carbonyl (C=O) groups excluding carboxylic acids is 1. The molecule has 2 aromatic heterocycles. The van der Waals surface area contributed by atoms with E-state index in [1.54, 1.807) is 13.4 Å². The van der Waals surface area contributed by atoms with Crippen molar-refractivity contribution in [3.63, 3.8) is 0 Å². The number of carbonyl (C=O) groups is 1. The smallest absolute Gasteiger partial charge is 0.416 e. The summed E-state index contributed by atoms with van der Waals surface area (Å²) in [6.07, 6.45) is 0.241. The molecule has 1 aliphatic rings. The number of nitrogens with zero attached hydrogens (tertiary/aromatic N) is 5. The van der Waals surface area contributed by atoms with Crippen LogP contribution < -0.4 is 0 Å². The second-order valence-corrected chi connectivity index (χ2v) is 8.25. The molecule has 3 aromatic rings. The summed E-state index contributed by atoms with van der Waals surface area (Å²) in [4.78, 5) is 18.7. The first-order chi connectivity index (χ1) is 15.1. The molecule has 0 aliphatic heterocycles. The lowest BCUT2D eigenvalue weighted by atomic mass is 9.84. The highest BCUT2D eigenvalue weighted by molar-refractivity contribution is 5.94. The van der Waals surface area contributed by atoms with Gasteiger partial charge in [-0.15, -0.1) is 10.2 Å². The summed E-state index contributed by atoms with van der Waals surface area (Å²) < 4.78 is 46.8. The molecule has 4 rings (SSSR count). The van der Waals surface area contributed by atoms with Gasteiger partial charge >= 0.3 is 6.18 Å². The monoisotopic (exact) mass is 447 g/mol. The summed E-state index contributed by atoms with van der Waals surface area (Å²) in [5, 5.41) is 8.40. The van der Waals surface area contributed by atoms with E-state index < -0.39 is 17.6 Å². The van der Waals surface area contributed by atoms with Gasteiger partial charge in [-0.2, -0.15) is 13.2 Å². The molecule has 1 saturated carbocycles. The van der Waals surface area contributed by atoms with Gasteiger partial charge in [0.05, 0.1) is 17.6 Å². The minimum atomic E-state index is -4.49. The van der Waals surface area contributed by atoms with Crippen molar-refractivity contribution in [2.24, 2.45) is 7.05 Å². The van der Waals surface area contributed by atoms with Crippen LogP contribution in [0.15, 0.2) is 35.0 Å². The molecule has 1 amide bonds. The van der Waals surface area contributed by atoms with Gasteiger partial charge in [0, 0.05) is 31.6 Å². The van der Waals surface area contributed by atoms with Gasteiger partial charge in [0.25, 0.3) is 11.8 Å². The molecule has 1 aromatic carbocycles. The third kappa shape index (κ3) is 4.26. The molecular weight excluding hydrogens is 423 g/mol. The summed E-state index contributed by atoms with van der Waals surface area (Å²) in [6.45, 7) is 1.87. The number of alkyl halides is 3. The van der Waals surface area contributed by atoms with E-state index in [2.05, 4.69) is 15.2 Å². The molecule has 0 bridgehead atoms. The summed E-state index contributed by atoms with van der Waals surface area (Å²) in [5.41, 5.74) is 0.738. The Bertz CT molecular complexity index is 1100. The minimum absolute atomic E-state index is 0.0243. The Morgan fingerprint density at radius 2 is 2.03 bits per heavy atom. The number of aromatic nitrogens is 4. The van der Waals surface area contributed by atoms with Crippen LogP contribution in [-0.2, 0) is 13.2 Å². The van der Waals surface area contributed by atoms with Crippen LogP contribution in [0.4, 0.5) is 13.2 Å². The Balaban J connectivity index is 1.49. The van der Waals surface area contributed by atoms with Crippen LogP contribution in [0, 0.1) is 6.92 Å². The molecule has 0 radical (unpaired) electrons. The highest BCUT2D eigenvalue weighted by atomic mass is 19.4. The standard InChI is InChI=1S/C22H24F3N5O2/c1-13-18(29(2)12-26-13)20-28-27-19(32-20)14-6-5-9-17(11-14)30(3)21(31)15-7-4-8-16(10-15)22(23,24)25/h4,7-8,10,12,14,17H,5-6,9,11H2,1-3H3/t14-,17+/m0/s1. The molecule has 10 heteroatoms. The van der Waals surface area contributed by atoms with Gasteiger partial charge in [0.2, 0.25) is 5.89 Å². The Morgan fingerprint density at radius 3 is 2.72 bits per heavy atom. The Morgan fingerprint density at radius 1 is 1.25 bits per heavy atom. The van der Waals surface area contributed by atoms with Crippen molar-refractivity contribution < 1.29 is 22.4 Å². The zero-order valence-electron chi connectivity index (χ0n) is 18.1. The van der Waals surface area contributed by atoms with Crippen LogP contribution in [0.25, 0.3) is 11.6 Å². The zero-order valence-corrected chi connectivity index (χ0v) is 18.1. The molecule has 0 unspecified atom stereocenters. The number of hydrogen-bond donors (Lipinski definition) is 0. The van der Waals surface area contributed by atoms with Crippen molar-refractivity contribution >= 4 is 5.91 Å². The maximum Gasteiger partial charge on any atom is 0.416 e. The third-order valence-corrected chi connectivity index (χ3v) is 6.06. The number of imidazole rings is 1. The van der Waals surface area contributed by atoms with Gasteiger partial charge in [-0.1, -0.05) is 12.5 Å². The fraction of sp³-hybridized carbons (Fsp3) is 0.455. The highest BCUT2D eigenvalue weighted by Gasteiger charge is 2.34. The van der Waals surface area contributed by atoms with Crippen LogP contribution in [0.1, 0.15) is 59.1 Å². The van der Waals surface area contributed by atoms with Crippen LogP contribution >= 0.6 is 0 Å². The first kappa shape index (κ1) is 22.0. The molecule has 2 atom stereocenters. The summed E-state index contributed by atoms with van der Waals surface area (Å²) in [5.74, 6) is 0.442. The molecule has 0 spiro atoms. The largest absolute Gasteiger partial charge is 0.419 e. The maximum absolute atomic E-state index is 13.0. The topological polar surface area (TPSA) is 77.1 Å². The zero-order chi connectivity index (χ0) is 23.0. The highest BCUT2D eigenvalue weighted by Crippen LogP contribution is 2.36. The number of amides is 1. The second-order valence-electron chi connectivity index (χ2n) is 8.25. The van der Waals surface area contributed by atoms with Gasteiger partial charge in [-0.05, 0) is 44.4 Å². The van der Waals surface area contributed by atoms with Crippen LogP contribution in [0.5, 0.6) is 0 Å². The van der Waals surface area contributed by atoms with E-state index in [9.17, 15) is 18.0 Å². The van der Waals surface area contributed by atoms with E-state index in [-0.39, 0.29) is 17.5 Å². The van der Waals surface area contributed by atoms with Crippen molar-refractivity contribution in [2.75, 3.05) is 7.05 Å². The summed E-state index contributed by atoms with van der Waals surface area (Å²) in [7, 11) is 3.48. The van der Waals surface area contributed by atoms with Crippen LogP contribution in [0.2, 0.25) is 0 Å². The van der Waals surface area contributed by atoms with Crippen LogP contribution in [0.3, 0.4) is 0 Å². The molecular formula is C22H24F3N5O2.